The molecule has 1 aliphatic rings. The summed E-state index contributed by atoms with van der Waals surface area (Å²) >= 11 is 0. The van der Waals surface area contributed by atoms with Crippen LogP contribution in [0.2, 0.25) is 0 Å². The number of fused-ring (bicyclic) bond motifs is 1. The van der Waals surface area contributed by atoms with E-state index in [0.29, 0.717) is 12.8 Å². The topological polar surface area (TPSA) is 195 Å². The number of hydrogen-bond donors (Lipinski definition) is 4. The van der Waals surface area contributed by atoms with Gasteiger partial charge in [0.15, 0.2) is 17.4 Å². The average molecular weight is 589 g/mol. The van der Waals surface area contributed by atoms with Gasteiger partial charge < -0.3 is 25.2 Å². The maximum Gasteiger partial charge on any atom is 0.462 e. The Morgan fingerprint density at radius 2 is 2.12 bits per heavy atom. The number of aliphatic hydroxyl groups excluding tert-OH is 1. The van der Waals surface area contributed by atoms with Gasteiger partial charge in [-0.05, 0) is 32.4 Å². The van der Waals surface area contributed by atoms with E-state index >= 15 is 0 Å². The lowest BCUT2D eigenvalue weighted by atomic mass is 9.83. The second kappa shape index (κ2) is 12.0. The summed E-state index contributed by atoms with van der Waals surface area (Å²) in [5.41, 5.74) is 3.87. The van der Waals surface area contributed by atoms with E-state index in [1.54, 1.807) is 37.3 Å². The van der Waals surface area contributed by atoms with Crippen molar-refractivity contribution in [3.63, 3.8) is 0 Å². The molecule has 0 aliphatic carbocycles. The average Bonchev–Trinajstić information content (AvgIpc) is 3.46. The molecule has 6 atom stereocenters. The van der Waals surface area contributed by atoms with Crippen molar-refractivity contribution in [1.82, 2.24) is 24.2 Å². The zero-order valence-electron chi connectivity index (χ0n) is 22.8. The number of nitrogens with zero attached hydrogens (tertiary/aromatic N) is 4. The fourth-order valence-corrected chi connectivity index (χ4v) is 6.52. The van der Waals surface area contributed by atoms with Gasteiger partial charge in [-0.2, -0.15) is 9.65 Å². The number of terminal acetylenes is 1. The molecule has 0 radical (unpaired) electrons. The number of anilines is 1. The molecule has 14 nitrogen and oxygen atoms in total. The molecule has 0 unspecified atom stereocenters. The minimum Gasteiger partial charge on any atom is -0.480 e. The van der Waals surface area contributed by atoms with Gasteiger partial charge in [-0.15, -0.1) is 6.42 Å². The number of aromatic nitrogens is 4. The Morgan fingerprint density at radius 3 is 2.76 bits per heavy atom. The number of carbonyl (C=O) groups is 1. The van der Waals surface area contributed by atoms with E-state index in [9.17, 15) is 24.4 Å². The Labute approximate surface area is 236 Å². The third-order valence-corrected chi connectivity index (χ3v) is 9.12. The molecule has 4 rings (SSSR count). The number of carboxylic acid groups (broad SMARTS) is 1. The van der Waals surface area contributed by atoms with Gasteiger partial charge in [0.1, 0.15) is 29.4 Å². The third-order valence-electron chi connectivity index (χ3n) is 7.02. The molecular weight excluding hydrogens is 555 g/mol. The molecule has 3 aromatic rings. The second-order valence-corrected chi connectivity index (χ2v) is 11.8. The van der Waals surface area contributed by atoms with E-state index in [-0.39, 0.29) is 29.4 Å². The second-order valence-electron chi connectivity index (χ2n) is 9.87. The van der Waals surface area contributed by atoms with Crippen LogP contribution in [0.3, 0.4) is 0 Å². The number of aliphatic carboxylic acids is 1. The van der Waals surface area contributed by atoms with Crippen molar-refractivity contribution in [1.29, 1.82) is 0 Å². The number of nitrogens with one attached hydrogen (secondary N) is 1. The predicted octanol–water partition coefficient (Wildman–Crippen LogP) is 2.38. The quantitative estimate of drug-likeness (QED) is 0.178. The van der Waals surface area contributed by atoms with Crippen molar-refractivity contribution in [2.75, 3.05) is 18.9 Å². The normalized spacial score (nSPS) is 24.6. The lowest BCUT2D eigenvalue weighted by Crippen LogP contribution is -2.41. The summed E-state index contributed by atoms with van der Waals surface area (Å²) in [4.78, 5) is 34.9. The molecule has 2 aromatic heterocycles. The zero-order chi connectivity index (χ0) is 29.9. The first-order chi connectivity index (χ1) is 19.4. The minimum absolute atomic E-state index is 0.00801. The highest BCUT2D eigenvalue weighted by Gasteiger charge is 2.55. The lowest BCUT2D eigenvalue weighted by Gasteiger charge is -2.33. The van der Waals surface area contributed by atoms with Gasteiger partial charge in [0.05, 0.1) is 12.9 Å². The largest absolute Gasteiger partial charge is 0.480 e. The first kappa shape index (κ1) is 30.2. The lowest BCUT2D eigenvalue weighted by molar-refractivity contribution is -0.141. The molecule has 1 saturated heterocycles. The van der Waals surface area contributed by atoms with Crippen molar-refractivity contribution in [2.24, 2.45) is 5.41 Å². The first-order valence-electron chi connectivity index (χ1n) is 13.0. The molecule has 0 bridgehead atoms. The molecule has 5 N–H and O–H groups in total. The number of hydrogen-bond acceptors (Lipinski definition) is 10. The van der Waals surface area contributed by atoms with Gasteiger partial charge in [0, 0.05) is 6.54 Å². The number of aliphatic hydroxyl groups is 1. The SMILES string of the molecule is C#C[C@]1(C)[C@H](O)[C@@H](CO[P@@](=O)(Oc2ccccc2)N(CCCC)[C@@H](C)C(=O)O)O[C@H]1n1cnc2c(=O)[nH]c(N)nc21. The monoisotopic (exact) mass is 588 g/mol. The Morgan fingerprint density at radius 1 is 1.41 bits per heavy atom. The molecule has 1 aliphatic heterocycles. The number of carboxylic acids is 1. The van der Waals surface area contributed by atoms with Gasteiger partial charge in [-0.3, -0.25) is 23.7 Å². The van der Waals surface area contributed by atoms with Crippen molar-refractivity contribution < 1.29 is 33.4 Å². The van der Waals surface area contributed by atoms with Gasteiger partial charge in [-0.25, -0.2) is 9.55 Å². The van der Waals surface area contributed by atoms with E-state index < -0.39 is 55.8 Å². The standard InChI is InChI=1S/C26H33N6O8P/c1-5-7-13-32(16(3)23(35)36)41(37,40-17-11-9-8-10-12-17)38-14-18-20(33)26(4,6-2)24(39-18)31-15-28-19-21(31)29-25(27)30-22(19)34/h2,8-12,15-16,18,20,24,33H,5,7,13-14H2,1,3-4H3,(H,35,36)(H3,27,29,30,34)/t16-,18+,20+,24+,26+,41+/m0/s1. The molecular formula is C26H33N6O8P. The molecule has 41 heavy (non-hydrogen) atoms. The summed E-state index contributed by atoms with van der Waals surface area (Å²) in [6.45, 7) is 4.50. The number of para-hydroxylation sites is 1. The number of nitrogen functional groups attached to an aromatic ring is 1. The van der Waals surface area contributed by atoms with Crippen LogP contribution in [0.25, 0.3) is 11.2 Å². The maximum atomic E-state index is 14.4. The van der Waals surface area contributed by atoms with Crippen molar-refractivity contribution in [3.8, 4) is 18.1 Å². The fraction of sp³-hybridized carbons (Fsp3) is 0.462. The number of nitrogens with two attached hydrogens (primary N) is 1. The molecule has 0 amide bonds. The molecule has 15 heteroatoms. The van der Waals surface area contributed by atoms with E-state index in [4.69, 9.17) is 25.9 Å². The summed E-state index contributed by atoms with van der Waals surface area (Å²) in [5, 5.41) is 21.1. The number of benzene rings is 1. The number of H-pyrrole nitrogens is 1. The van der Waals surface area contributed by atoms with E-state index in [1.165, 1.54) is 22.5 Å². The minimum atomic E-state index is -4.34. The van der Waals surface area contributed by atoms with Crippen LogP contribution in [0.1, 0.15) is 39.8 Å². The van der Waals surface area contributed by atoms with Crippen molar-refractivity contribution in [3.05, 3.63) is 47.0 Å². The van der Waals surface area contributed by atoms with Crippen LogP contribution in [0, 0.1) is 17.8 Å². The van der Waals surface area contributed by atoms with Crippen LogP contribution < -0.4 is 15.8 Å². The van der Waals surface area contributed by atoms with Crippen LogP contribution in [0.15, 0.2) is 41.5 Å². The number of rotatable bonds is 12. The van der Waals surface area contributed by atoms with Crippen molar-refractivity contribution >= 4 is 30.8 Å². The summed E-state index contributed by atoms with van der Waals surface area (Å²) < 4.78 is 34.8. The third kappa shape index (κ3) is 5.86. The van der Waals surface area contributed by atoms with Gasteiger partial charge in [-0.1, -0.05) is 37.5 Å². The van der Waals surface area contributed by atoms with E-state index in [1.807, 2.05) is 6.92 Å². The Kier molecular flexibility index (Phi) is 8.86. The van der Waals surface area contributed by atoms with Crippen LogP contribution in [0.5, 0.6) is 5.75 Å². The summed E-state index contributed by atoms with van der Waals surface area (Å²) in [7, 11) is -4.34. The van der Waals surface area contributed by atoms with Crippen LogP contribution in [0.4, 0.5) is 5.95 Å². The molecule has 1 fully saturated rings. The Balaban J connectivity index is 1.67. The van der Waals surface area contributed by atoms with Gasteiger partial charge in [0.25, 0.3) is 5.56 Å². The molecule has 1 aromatic carbocycles. The van der Waals surface area contributed by atoms with Gasteiger partial charge >= 0.3 is 13.7 Å². The number of aromatic amines is 1. The summed E-state index contributed by atoms with van der Waals surface area (Å²) in [5.74, 6) is 1.40. The maximum absolute atomic E-state index is 14.4. The number of imidazole rings is 1. The summed E-state index contributed by atoms with van der Waals surface area (Å²) in [6, 6.07) is 7.00. The Hall–Kier alpha value is -3.73. The van der Waals surface area contributed by atoms with Gasteiger partial charge in [0.2, 0.25) is 5.95 Å². The molecule has 3 heterocycles. The van der Waals surface area contributed by atoms with Crippen LogP contribution >= 0.6 is 7.75 Å². The molecule has 0 saturated carbocycles. The first-order valence-corrected chi connectivity index (χ1v) is 14.5. The highest BCUT2D eigenvalue weighted by atomic mass is 31.2. The van der Waals surface area contributed by atoms with Crippen LogP contribution in [-0.4, -0.2) is 71.8 Å². The van der Waals surface area contributed by atoms with E-state index in [2.05, 4.69) is 20.9 Å². The summed E-state index contributed by atoms with van der Waals surface area (Å²) in [6.07, 6.45) is 4.81. The smallest absolute Gasteiger partial charge is 0.462 e. The zero-order valence-corrected chi connectivity index (χ0v) is 23.7. The Bertz CT molecular complexity index is 1540. The molecule has 0 spiro atoms. The number of ether oxygens (including phenoxy) is 1. The predicted molar refractivity (Wildman–Crippen MR) is 149 cm³/mol. The van der Waals surface area contributed by atoms with Crippen LogP contribution in [-0.2, 0) is 18.6 Å². The molecule has 220 valence electrons. The van der Waals surface area contributed by atoms with E-state index in [0.717, 1.165) is 0 Å². The van der Waals surface area contributed by atoms with Crippen molar-refractivity contribution in [2.45, 2.75) is 58.1 Å². The number of unbranched alkanes of at least 4 members (excludes halogenated alkanes) is 1. The highest BCUT2D eigenvalue weighted by molar-refractivity contribution is 7.51. The highest BCUT2D eigenvalue weighted by Crippen LogP contribution is 2.55. The fourth-order valence-electron chi connectivity index (χ4n) is 4.58.